The number of carbonyl (C=O) groups is 2. The Kier molecular flexibility index (Phi) is 6.31. The van der Waals surface area contributed by atoms with E-state index in [0.29, 0.717) is 43.4 Å². The zero-order chi connectivity index (χ0) is 23.8. The fourth-order valence-corrected chi connectivity index (χ4v) is 5.34. The molecular weight excluding hydrogens is 446 g/mol. The minimum Gasteiger partial charge on any atom is -0.486 e. The van der Waals surface area contributed by atoms with Gasteiger partial charge in [0.1, 0.15) is 19.3 Å². The van der Waals surface area contributed by atoms with Crippen molar-refractivity contribution >= 4 is 33.2 Å². The van der Waals surface area contributed by atoms with Crippen LogP contribution in [-0.2, 0) is 26.0 Å². The lowest BCUT2D eigenvalue weighted by molar-refractivity contribution is -0.118. The molecule has 0 radical (unpaired) electrons. The predicted molar refractivity (Wildman–Crippen MR) is 123 cm³/mol. The van der Waals surface area contributed by atoms with Crippen LogP contribution >= 0.6 is 0 Å². The monoisotopic (exact) mass is 473 g/mol. The molecule has 2 aromatic rings. The Hall–Kier alpha value is -3.11. The summed E-state index contributed by atoms with van der Waals surface area (Å²) in [7, 11) is -3.97. The standard InChI is InChI=1S/C23H27N3O6S/c1-14(2)22(23(28)24-17-4-7-20-21(13-17)32-11-10-31-20)25-33(29,30)18-5-6-19-16(12-18)8-9-26(19)15(3)27/h4-7,12-14,22,25H,8-11H2,1-3H3,(H,24,28)/t22-/m0/s1. The molecule has 10 heteroatoms. The van der Waals surface area contributed by atoms with E-state index < -0.39 is 22.0 Å². The van der Waals surface area contributed by atoms with E-state index in [9.17, 15) is 18.0 Å². The van der Waals surface area contributed by atoms with Gasteiger partial charge in [0.2, 0.25) is 21.8 Å². The second-order valence-electron chi connectivity index (χ2n) is 8.40. The van der Waals surface area contributed by atoms with Crippen molar-refractivity contribution in [2.75, 3.05) is 30.0 Å². The van der Waals surface area contributed by atoms with Crippen molar-refractivity contribution in [3.8, 4) is 11.5 Å². The number of nitrogens with one attached hydrogen (secondary N) is 2. The number of fused-ring (bicyclic) bond motifs is 2. The summed E-state index contributed by atoms with van der Waals surface area (Å²) in [4.78, 5) is 26.4. The number of sulfonamides is 1. The molecule has 2 amide bonds. The van der Waals surface area contributed by atoms with Gasteiger partial charge in [0, 0.05) is 30.9 Å². The average Bonchev–Trinajstić information content (AvgIpc) is 3.21. The molecule has 2 heterocycles. The van der Waals surface area contributed by atoms with E-state index in [4.69, 9.17) is 9.47 Å². The van der Waals surface area contributed by atoms with Crippen LogP contribution in [0.2, 0.25) is 0 Å². The Labute approximate surface area is 193 Å². The van der Waals surface area contributed by atoms with E-state index in [-0.39, 0.29) is 16.7 Å². The Morgan fingerprint density at radius 3 is 2.45 bits per heavy atom. The van der Waals surface area contributed by atoms with Gasteiger partial charge in [-0.05, 0) is 48.2 Å². The first-order valence-corrected chi connectivity index (χ1v) is 12.3. The molecule has 2 aromatic carbocycles. The maximum absolute atomic E-state index is 13.1. The van der Waals surface area contributed by atoms with Gasteiger partial charge in [-0.3, -0.25) is 9.59 Å². The van der Waals surface area contributed by atoms with Crippen LogP contribution in [0.1, 0.15) is 26.3 Å². The fraction of sp³-hybridized carbons (Fsp3) is 0.391. The Morgan fingerprint density at radius 1 is 1.03 bits per heavy atom. The number of anilines is 2. The molecule has 0 saturated heterocycles. The van der Waals surface area contributed by atoms with Gasteiger partial charge < -0.3 is 19.7 Å². The number of amides is 2. The van der Waals surface area contributed by atoms with Gasteiger partial charge in [0.15, 0.2) is 11.5 Å². The van der Waals surface area contributed by atoms with Gasteiger partial charge >= 0.3 is 0 Å². The molecular formula is C23H27N3O6S. The molecule has 176 valence electrons. The zero-order valence-corrected chi connectivity index (χ0v) is 19.6. The SMILES string of the molecule is CC(=O)N1CCc2cc(S(=O)(=O)N[C@H](C(=O)Nc3ccc4c(c3)OCCO4)C(C)C)ccc21. The first-order chi connectivity index (χ1) is 15.7. The minimum atomic E-state index is -3.97. The van der Waals surface area contributed by atoms with Gasteiger partial charge in [-0.25, -0.2) is 8.42 Å². The first-order valence-electron chi connectivity index (χ1n) is 10.8. The van der Waals surface area contributed by atoms with Crippen LogP contribution in [0.5, 0.6) is 11.5 Å². The van der Waals surface area contributed by atoms with Gasteiger partial charge in [-0.1, -0.05) is 13.8 Å². The normalized spacial score (nSPS) is 15.8. The van der Waals surface area contributed by atoms with E-state index in [1.165, 1.54) is 13.0 Å². The number of carbonyl (C=O) groups excluding carboxylic acids is 2. The molecule has 0 aliphatic carbocycles. The van der Waals surface area contributed by atoms with Gasteiger partial charge in [-0.2, -0.15) is 4.72 Å². The quantitative estimate of drug-likeness (QED) is 0.666. The number of nitrogens with zero attached hydrogens (tertiary/aromatic N) is 1. The molecule has 0 aromatic heterocycles. The van der Waals surface area contributed by atoms with Crippen LogP contribution in [0.3, 0.4) is 0 Å². The number of rotatable bonds is 6. The summed E-state index contributed by atoms with van der Waals surface area (Å²) >= 11 is 0. The van der Waals surface area contributed by atoms with Crippen molar-refractivity contribution in [2.24, 2.45) is 5.92 Å². The van der Waals surface area contributed by atoms with E-state index in [2.05, 4.69) is 10.0 Å². The topological polar surface area (TPSA) is 114 Å². The third-order valence-electron chi connectivity index (χ3n) is 5.68. The summed E-state index contributed by atoms with van der Waals surface area (Å²) in [6, 6.07) is 8.70. The molecule has 33 heavy (non-hydrogen) atoms. The van der Waals surface area contributed by atoms with Crippen molar-refractivity contribution in [1.29, 1.82) is 0 Å². The minimum absolute atomic E-state index is 0.0597. The van der Waals surface area contributed by atoms with Crippen molar-refractivity contribution < 1.29 is 27.5 Å². The van der Waals surface area contributed by atoms with Gasteiger partial charge in [-0.15, -0.1) is 0 Å². The molecule has 0 bridgehead atoms. The zero-order valence-electron chi connectivity index (χ0n) is 18.8. The molecule has 0 fully saturated rings. The molecule has 2 N–H and O–H groups in total. The number of benzene rings is 2. The van der Waals surface area contributed by atoms with Crippen molar-refractivity contribution in [1.82, 2.24) is 4.72 Å². The predicted octanol–water partition coefficient (Wildman–Crippen LogP) is 2.31. The average molecular weight is 474 g/mol. The molecule has 4 rings (SSSR count). The van der Waals surface area contributed by atoms with Crippen LogP contribution in [0, 0.1) is 5.92 Å². The van der Waals surface area contributed by atoms with E-state index in [1.54, 1.807) is 49.1 Å². The molecule has 9 nitrogen and oxygen atoms in total. The van der Waals surface area contributed by atoms with Crippen molar-refractivity contribution in [3.63, 3.8) is 0 Å². The Balaban J connectivity index is 1.51. The second kappa shape index (κ2) is 9.03. The van der Waals surface area contributed by atoms with Crippen molar-refractivity contribution in [2.45, 2.75) is 38.1 Å². The third-order valence-corrected chi connectivity index (χ3v) is 7.12. The van der Waals surface area contributed by atoms with Crippen LogP contribution in [0.15, 0.2) is 41.3 Å². The Morgan fingerprint density at radius 2 is 1.76 bits per heavy atom. The molecule has 0 saturated carbocycles. The Bertz CT molecular complexity index is 1190. The van der Waals surface area contributed by atoms with Crippen molar-refractivity contribution in [3.05, 3.63) is 42.0 Å². The fourth-order valence-electron chi connectivity index (χ4n) is 3.94. The van der Waals surface area contributed by atoms with E-state index >= 15 is 0 Å². The molecule has 2 aliphatic heterocycles. The highest BCUT2D eigenvalue weighted by atomic mass is 32.2. The highest BCUT2D eigenvalue weighted by Gasteiger charge is 2.30. The van der Waals surface area contributed by atoms with Gasteiger partial charge in [0.05, 0.1) is 4.90 Å². The molecule has 0 spiro atoms. The van der Waals surface area contributed by atoms with E-state index in [1.807, 2.05) is 0 Å². The van der Waals surface area contributed by atoms with Gasteiger partial charge in [0.25, 0.3) is 0 Å². The summed E-state index contributed by atoms with van der Waals surface area (Å²) < 4.78 is 39.8. The number of hydrogen-bond acceptors (Lipinski definition) is 6. The molecule has 1 atom stereocenters. The van der Waals surface area contributed by atoms with Crippen LogP contribution in [0.25, 0.3) is 0 Å². The summed E-state index contributed by atoms with van der Waals surface area (Å²) in [6.45, 7) is 6.42. The maximum Gasteiger partial charge on any atom is 0.242 e. The molecule has 2 aliphatic rings. The molecule has 0 unspecified atom stereocenters. The highest BCUT2D eigenvalue weighted by molar-refractivity contribution is 7.89. The third kappa shape index (κ3) is 4.81. The first kappa shape index (κ1) is 23.1. The lowest BCUT2D eigenvalue weighted by Crippen LogP contribution is -2.47. The largest absolute Gasteiger partial charge is 0.486 e. The summed E-state index contributed by atoms with van der Waals surface area (Å²) in [6.07, 6.45) is 0.580. The lowest BCUT2D eigenvalue weighted by atomic mass is 10.0. The summed E-state index contributed by atoms with van der Waals surface area (Å²) in [5.41, 5.74) is 1.99. The maximum atomic E-state index is 13.1. The van der Waals surface area contributed by atoms with E-state index in [0.717, 1.165) is 11.3 Å². The van der Waals surface area contributed by atoms with Crippen LogP contribution in [0.4, 0.5) is 11.4 Å². The smallest absolute Gasteiger partial charge is 0.242 e. The summed E-state index contributed by atoms with van der Waals surface area (Å²) in [5.74, 6) is 0.255. The number of hydrogen-bond donors (Lipinski definition) is 2. The highest BCUT2D eigenvalue weighted by Crippen LogP contribution is 2.33. The second-order valence-corrected chi connectivity index (χ2v) is 10.1. The number of ether oxygens (including phenoxy) is 2. The summed E-state index contributed by atoms with van der Waals surface area (Å²) in [5, 5.41) is 2.76. The lowest BCUT2D eigenvalue weighted by Gasteiger charge is -2.23. The van der Waals surface area contributed by atoms with Crippen LogP contribution in [-0.4, -0.2) is 46.0 Å². The van der Waals surface area contributed by atoms with Crippen LogP contribution < -0.4 is 24.4 Å².